The van der Waals surface area contributed by atoms with Gasteiger partial charge in [-0.05, 0) is 50.1 Å². The predicted molar refractivity (Wildman–Crippen MR) is 111 cm³/mol. The molecule has 29 heavy (non-hydrogen) atoms. The Kier molecular flexibility index (Phi) is 6.44. The van der Waals surface area contributed by atoms with Gasteiger partial charge in [0.05, 0.1) is 0 Å². The summed E-state index contributed by atoms with van der Waals surface area (Å²) in [6, 6.07) is 13.6. The van der Waals surface area contributed by atoms with Crippen molar-refractivity contribution in [3.8, 4) is 17.1 Å². The molecule has 0 aliphatic rings. The average molecular weight is 391 g/mol. The molecule has 0 bridgehead atoms. The lowest BCUT2D eigenvalue weighted by Gasteiger charge is -2.19. The van der Waals surface area contributed by atoms with E-state index < -0.39 is 0 Å². The van der Waals surface area contributed by atoms with E-state index in [2.05, 4.69) is 16.7 Å². The molecule has 0 spiro atoms. The lowest BCUT2D eigenvalue weighted by atomic mass is 10.1. The van der Waals surface area contributed by atoms with Crippen LogP contribution in [0.5, 0.6) is 5.75 Å². The average Bonchev–Trinajstić information content (AvgIpc) is 3.17. The largest absolute Gasteiger partial charge is 0.484 e. The molecule has 0 atom stereocenters. The van der Waals surface area contributed by atoms with E-state index in [4.69, 9.17) is 9.26 Å². The Morgan fingerprint density at radius 3 is 2.72 bits per heavy atom. The Morgan fingerprint density at radius 1 is 1.17 bits per heavy atom. The minimum absolute atomic E-state index is 0.0742. The van der Waals surface area contributed by atoms with Crippen molar-refractivity contribution in [1.82, 2.24) is 15.0 Å². The minimum atomic E-state index is -0.182. The maximum Gasteiger partial charge on any atom is 0.261 e. The van der Waals surface area contributed by atoms with E-state index in [0.717, 1.165) is 16.7 Å². The molecule has 6 heteroatoms. The van der Waals surface area contributed by atoms with Crippen molar-refractivity contribution in [2.24, 2.45) is 0 Å². The summed E-state index contributed by atoms with van der Waals surface area (Å²) < 4.78 is 11.0. The van der Waals surface area contributed by atoms with Gasteiger partial charge in [0.1, 0.15) is 12.3 Å². The van der Waals surface area contributed by atoms with E-state index in [1.165, 1.54) is 5.56 Å². The second-order valence-electron chi connectivity index (χ2n) is 6.98. The number of amides is 1. The molecule has 2 aromatic carbocycles. The summed E-state index contributed by atoms with van der Waals surface area (Å²) in [5.74, 6) is 1.35. The highest BCUT2D eigenvalue weighted by molar-refractivity contribution is 5.77. The predicted octanol–water partition coefficient (Wildman–Crippen LogP) is 4.26. The topological polar surface area (TPSA) is 68.5 Å². The van der Waals surface area contributed by atoms with Crippen LogP contribution in [0.1, 0.15) is 22.6 Å². The number of rotatable bonds is 8. The van der Waals surface area contributed by atoms with Crippen molar-refractivity contribution >= 4 is 5.91 Å². The summed E-state index contributed by atoms with van der Waals surface area (Å²) >= 11 is 0. The number of aryl methyl sites for hydroxylation is 3. The summed E-state index contributed by atoms with van der Waals surface area (Å²) in [4.78, 5) is 18.6. The first-order chi connectivity index (χ1) is 14.0. The zero-order valence-electron chi connectivity index (χ0n) is 17.0. The number of aromatic nitrogens is 2. The van der Waals surface area contributed by atoms with Crippen LogP contribution in [0.4, 0.5) is 0 Å². The molecular weight excluding hydrogens is 366 g/mol. The molecule has 0 fully saturated rings. The standard InChI is InChI=1S/C23H25N3O3/c1-5-11-26(22(27)15-28-20-10-9-17(3)18(4)13-20)14-21-24-23(25-29-21)19-8-6-7-16(2)12-19/h5-10,12-13H,1,11,14-15H2,2-4H3. The SMILES string of the molecule is C=CCN(Cc1nc(-c2cccc(C)c2)no1)C(=O)COc1ccc(C)c(C)c1. The maximum absolute atomic E-state index is 12.6. The third-order valence-electron chi connectivity index (χ3n) is 4.61. The number of hydrogen-bond donors (Lipinski definition) is 0. The van der Waals surface area contributed by atoms with Crippen LogP contribution >= 0.6 is 0 Å². The Labute approximate surface area is 170 Å². The first-order valence-corrected chi connectivity index (χ1v) is 9.44. The van der Waals surface area contributed by atoms with Crippen molar-refractivity contribution in [1.29, 1.82) is 0 Å². The zero-order chi connectivity index (χ0) is 20.8. The highest BCUT2D eigenvalue weighted by atomic mass is 16.5. The molecule has 1 amide bonds. The van der Waals surface area contributed by atoms with Gasteiger partial charge in [-0.1, -0.05) is 41.1 Å². The van der Waals surface area contributed by atoms with Gasteiger partial charge in [0.2, 0.25) is 11.7 Å². The fraction of sp³-hybridized carbons (Fsp3) is 0.261. The Hall–Kier alpha value is -3.41. The molecule has 0 aliphatic carbocycles. The molecule has 0 N–H and O–H groups in total. The molecule has 0 radical (unpaired) electrons. The quantitative estimate of drug-likeness (QED) is 0.537. The van der Waals surface area contributed by atoms with Gasteiger partial charge in [0, 0.05) is 12.1 Å². The van der Waals surface area contributed by atoms with Crippen LogP contribution < -0.4 is 4.74 Å². The van der Waals surface area contributed by atoms with Gasteiger partial charge in [0.15, 0.2) is 6.61 Å². The lowest BCUT2D eigenvalue weighted by Crippen LogP contribution is -2.34. The molecule has 0 saturated carbocycles. The number of ether oxygens (including phenoxy) is 1. The van der Waals surface area contributed by atoms with Gasteiger partial charge in [0.25, 0.3) is 5.91 Å². The molecule has 150 valence electrons. The van der Waals surface area contributed by atoms with Gasteiger partial charge >= 0.3 is 0 Å². The zero-order valence-corrected chi connectivity index (χ0v) is 17.0. The van der Waals surface area contributed by atoms with Crippen LogP contribution in [-0.4, -0.2) is 34.1 Å². The summed E-state index contributed by atoms with van der Waals surface area (Å²) in [5.41, 5.74) is 4.28. The van der Waals surface area contributed by atoms with E-state index in [1.54, 1.807) is 11.0 Å². The smallest absolute Gasteiger partial charge is 0.261 e. The molecular formula is C23H25N3O3. The van der Waals surface area contributed by atoms with Gasteiger partial charge in [-0.2, -0.15) is 4.98 Å². The third-order valence-corrected chi connectivity index (χ3v) is 4.61. The molecule has 6 nitrogen and oxygen atoms in total. The van der Waals surface area contributed by atoms with Crippen molar-refractivity contribution in [2.45, 2.75) is 27.3 Å². The fourth-order valence-corrected chi connectivity index (χ4v) is 2.83. The maximum atomic E-state index is 12.6. The van der Waals surface area contributed by atoms with E-state index in [-0.39, 0.29) is 19.1 Å². The van der Waals surface area contributed by atoms with E-state index in [0.29, 0.717) is 24.0 Å². The van der Waals surface area contributed by atoms with E-state index >= 15 is 0 Å². The molecule has 3 rings (SSSR count). The molecule has 3 aromatic rings. The van der Waals surface area contributed by atoms with Crippen LogP contribution in [0.15, 0.2) is 59.6 Å². The molecule has 0 unspecified atom stereocenters. The number of hydrogen-bond acceptors (Lipinski definition) is 5. The molecule has 1 heterocycles. The van der Waals surface area contributed by atoms with E-state index in [1.807, 2.05) is 63.2 Å². The van der Waals surface area contributed by atoms with Gasteiger partial charge < -0.3 is 14.2 Å². The number of benzene rings is 2. The van der Waals surface area contributed by atoms with Crippen LogP contribution in [0.25, 0.3) is 11.4 Å². The van der Waals surface area contributed by atoms with Crippen LogP contribution in [0, 0.1) is 20.8 Å². The Bertz CT molecular complexity index is 1010. The summed E-state index contributed by atoms with van der Waals surface area (Å²) in [6.45, 7) is 10.3. The van der Waals surface area contributed by atoms with Gasteiger partial charge in [-0.3, -0.25) is 4.79 Å². The van der Waals surface area contributed by atoms with Crippen LogP contribution in [-0.2, 0) is 11.3 Å². The number of carbonyl (C=O) groups excluding carboxylic acids is 1. The Morgan fingerprint density at radius 2 is 2.00 bits per heavy atom. The van der Waals surface area contributed by atoms with Crippen LogP contribution in [0.3, 0.4) is 0 Å². The number of carbonyl (C=O) groups is 1. The lowest BCUT2D eigenvalue weighted by molar-refractivity contribution is -0.133. The Balaban J connectivity index is 1.65. The minimum Gasteiger partial charge on any atom is -0.484 e. The third kappa shape index (κ3) is 5.31. The first-order valence-electron chi connectivity index (χ1n) is 9.44. The summed E-state index contributed by atoms with van der Waals surface area (Å²) in [6.07, 6.45) is 1.66. The second kappa shape index (κ2) is 9.19. The fourth-order valence-electron chi connectivity index (χ4n) is 2.83. The molecule has 0 saturated heterocycles. The highest BCUT2D eigenvalue weighted by Crippen LogP contribution is 2.18. The normalized spacial score (nSPS) is 10.6. The van der Waals surface area contributed by atoms with E-state index in [9.17, 15) is 4.79 Å². The van der Waals surface area contributed by atoms with Crippen molar-refractivity contribution in [2.75, 3.05) is 13.2 Å². The van der Waals surface area contributed by atoms with Crippen molar-refractivity contribution < 1.29 is 14.1 Å². The van der Waals surface area contributed by atoms with Crippen LogP contribution in [0.2, 0.25) is 0 Å². The summed E-state index contributed by atoms with van der Waals surface area (Å²) in [7, 11) is 0. The monoisotopic (exact) mass is 391 g/mol. The number of nitrogens with zero attached hydrogens (tertiary/aromatic N) is 3. The summed E-state index contributed by atoms with van der Waals surface area (Å²) in [5, 5.41) is 4.03. The van der Waals surface area contributed by atoms with Gasteiger partial charge in [-0.25, -0.2) is 0 Å². The first kappa shape index (κ1) is 20.3. The highest BCUT2D eigenvalue weighted by Gasteiger charge is 2.18. The van der Waals surface area contributed by atoms with Gasteiger partial charge in [-0.15, -0.1) is 6.58 Å². The van der Waals surface area contributed by atoms with Crippen molar-refractivity contribution in [3.05, 3.63) is 77.7 Å². The molecule has 0 aliphatic heterocycles. The second-order valence-corrected chi connectivity index (χ2v) is 6.98. The molecule has 1 aromatic heterocycles. The van der Waals surface area contributed by atoms with Crippen molar-refractivity contribution in [3.63, 3.8) is 0 Å².